The van der Waals surface area contributed by atoms with E-state index in [-0.39, 0.29) is 0 Å². The highest BCUT2D eigenvalue weighted by Crippen LogP contribution is 2.19. The number of aromatic nitrogens is 2. The second-order valence-electron chi connectivity index (χ2n) is 4.62. The van der Waals surface area contributed by atoms with Crippen LogP contribution in [-0.2, 0) is 13.5 Å². The molecule has 0 amide bonds. The summed E-state index contributed by atoms with van der Waals surface area (Å²) in [6.45, 7) is 3.26. The van der Waals surface area contributed by atoms with Gasteiger partial charge in [-0.2, -0.15) is 16.4 Å². The molecule has 4 heteroatoms. The van der Waals surface area contributed by atoms with Crippen LogP contribution in [0.3, 0.4) is 0 Å². The zero-order valence-corrected chi connectivity index (χ0v) is 11.9. The molecule has 0 aliphatic rings. The van der Waals surface area contributed by atoms with Crippen molar-refractivity contribution in [3.63, 3.8) is 0 Å². The van der Waals surface area contributed by atoms with Crippen LogP contribution >= 0.6 is 11.3 Å². The minimum Gasteiger partial charge on any atom is -0.310 e. The predicted octanol–water partition coefficient (Wildman–Crippen LogP) is 3.16. The molecule has 0 aliphatic heterocycles. The van der Waals surface area contributed by atoms with Crippen molar-refractivity contribution in [3.8, 4) is 0 Å². The van der Waals surface area contributed by atoms with Crippen molar-refractivity contribution in [2.24, 2.45) is 7.05 Å². The first-order valence-electron chi connectivity index (χ1n) is 6.52. The van der Waals surface area contributed by atoms with E-state index in [9.17, 15) is 0 Å². The maximum Gasteiger partial charge on any atom is 0.0537 e. The van der Waals surface area contributed by atoms with Crippen LogP contribution in [0.2, 0.25) is 0 Å². The van der Waals surface area contributed by atoms with Gasteiger partial charge in [0.25, 0.3) is 0 Å². The average molecular weight is 263 g/mol. The van der Waals surface area contributed by atoms with Gasteiger partial charge < -0.3 is 5.32 Å². The average Bonchev–Trinajstić information content (AvgIpc) is 3.01. The lowest BCUT2D eigenvalue weighted by atomic mass is 10.0. The van der Waals surface area contributed by atoms with E-state index >= 15 is 0 Å². The van der Waals surface area contributed by atoms with Crippen molar-refractivity contribution in [2.75, 3.05) is 6.54 Å². The van der Waals surface area contributed by atoms with Crippen molar-refractivity contribution in [1.29, 1.82) is 0 Å². The Balaban J connectivity index is 1.96. The van der Waals surface area contributed by atoms with Crippen molar-refractivity contribution in [2.45, 2.75) is 32.2 Å². The zero-order chi connectivity index (χ0) is 12.8. The molecule has 2 heterocycles. The normalized spacial score (nSPS) is 12.8. The van der Waals surface area contributed by atoms with Crippen LogP contribution in [-0.4, -0.2) is 16.3 Å². The summed E-state index contributed by atoms with van der Waals surface area (Å²) in [7, 11) is 1.97. The first kappa shape index (κ1) is 13.3. The topological polar surface area (TPSA) is 29.9 Å². The van der Waals surface area contributed by atoms with Gasteiger partial charge in [-0.3, -0.25) is 4.68 Å². The smallest absolute Gasteiger partial charge is 0.0537 e. The summed E-state index contributed by atoms with van der Waals surface area (Å²) in [6.07, 6.45) is 7.50. The highest BCUT2D eigenvalue weighted by Gasteiger charge is 2.12. The molecule has 0 saturated carbocycles. The van der Waals surface area contributed by atoms with E-state index in [0.29, 0.717) is 6.04 Å². The monoisotopic (exact) mass is 263 g/mol. The summed E-state index contributed by atoms with van der Waals surface area (Å²) in [6, 6.07) is 2.63. The lowest BCUT2D eigenvalue weighted by Crippen LogP contribution is -2.22. The van der Waals surface area contributed by atoms with E-state index in [1.54, 1.807) is 11.3 Å². The molecule has 0 spiro atoms. The Labute approximate surface area is 113 Å². The van der Waals surface area contributed by atoms with Crippen LogP contribution in [0.5, 0.6) is 0 Å². The molecule has 2 rings (SSSR count). The molecule has 18 heavy (non-hydrogen) atoms. The number of rotatable bonds is 7. The van der Waals surface area contributed by atoms with Gasteiger partial charge in [0.15, 0.2) is 0 Å². The molecular formula is C14H21N3S. The fourth-order valence-electron chi connectivity index (χ4n) is 2.07. The lowest BCUT2D eigenvalue weighted by molar-refractivity contribution is 0.499. The van der Waals surface area contributed by atoms with Gasteiger partial charge in [0.1, 0.15) is 0 Å². The second-order valence-corrected chi connectivity index (χ2v) is 5.40. The molecular weight excluding hydrogens is 242 g/mol. The molecule has 3 nitrogen and oxygen atoms in total. The fraction of sp³-hybridized carbons (Fsp3) is 0.500. The summed E-state index contributed by atoms with van der Waals surface area (Å²) in [5, 5.41) is 12.3. The third-order valence-electron chi connectivity index (χ3n) is 3.07. The third kappa shape index (κ3) is 3.68. The zero-order valence-electron chi connectivity index (χ0n) is 11.1. The van der Waals surface area contributed by atoms with Crippen molar-refractivity contribution < 1.29 is 0 Å². The number of hydrogen-bond acceptors (Lipinski definition) is 3. The quantitative estimate of drug-likeness (QED) is 0.831. The number of nitrogens with zero attached hydrogens (tertiary/aromatic N) is 2. The van der Waals surface area contributed by atoms with Crippen molar-refractivity contribution >= 4 is 11.3 Å². The number of thiophene rings is 1. The van der Waals surface area contributed by atoms with E-state index < -0.39 is 0 Å². The number of nitrogens with one attached hydrogen (secondary N) is 1. The molecule has 98 valence electrons. The highest BCUT2D eigenvalue weighted by atomic mass is 32.1. The Hall–Kier alpha value is -1.13. The first-order chi connectivity index (χ1) is 8.79. The van der Waals surface area contributed by atoms with Crippen LogP contribution in [0.15, 0.2) is 29.2 Å². The Morgan fingerprint density at radius 3 is 3.00 bits per heavy atom. The lowest BCUT2D eigenvalue weighted by Gasteiger charge is -2.16. The van der Waals surface area contributed by atoms with Crippen LogP contribution in [0.4, 0.5) is 0 Å². The van der Waals surface area contributed by atoms with Gasteiger partial charge >= 0.3 is 0 Å². The molecule has 2 aromatic rings. The minimum absolute atomic E-state index is 0.415. The summed E-state index contributed by atoms with van der Waals surface area (Å²) in [4.78, 5) is 0. The highest BCUT2D eigenvalue weighted by molar-refractivity contribution is 7.07. The molecule has 1 unspecified atom stereocenters. The van der Waals surface area contributed by atoms with E-state index in [2.05, 4.69) is 40.4 Å². The molecule has 1 atom stereocenters. The van der Waals surface area contributed by atoms with Gasteiger partial charge in [0.2, 0.25) is 0 Å². The molecule has 1 N–H and O–H groups in total. The first-order valence-corrected chi connectivity index (χ1v) is 7.47. The van der Waals surface area contributed by atoms with Crippen molar-refractivity contribution in [3.05, 3.63) is 40.3 Å². The SMILES string of the molecule is CCCNC(CCc1ccsc1)c1cnn(C)c1. The number of hydrogen-bond donors (Lipinski definition) is 1. The summed E-state index contributed by atoms with van der Waals surface area (Å²) >= 11 is 1.77. The summed E-state index contributed by atoms with van der Waals surface area (Å²) in [5.74, 6) is 0. The van der Waals surface area contributed by atoms with Crippen molar-refractivity contribution in [1.82, 2.24) is 15.1 Å². The van der Waals surface area contributed by atoms with Gasteiger partial charge in [-0.1, -0.05) is 6.92 Å². The van der Waals surface area contributed by atoms with Crippen LogP contribution < -0.4 is 5.32 Å². The maximum atomic E-state index is 4.27. The minimum atomic E-state index is 0.415. The van der Waals surface area contributed by atoms with Gasteiger partial charge in [-0.15, -0.1) is 0 Å². The summed E-state index contributed by atoms with van der Waals surface area (Å²) in [5.41, 5.74) is 2.73. The Morgan fingerprint density at radius 1 is 1.50 bits per heavy atom. The second kappa shape index (κ2) is 6.71. The largest absolute Gasteiger partial charge is 0.310 e. The molecule has 2 aromatic heterocycles. The molecule has 0 aliphatic carbocycles. The van der Waals surface area contributed by atoms with Gasteiger partial charge in [-0.05, 0) is 48.2 Å². The molecule has 0 radical (unpaired) electrons. The van der Waals surface area contributed by atoms with Gasteiger partial charge in [0, 0.05) is 24.8 Å². The van der Waals surface area contributed by atoms with Gasteiger partial charge in [-0.25, -0.2) is 0 Å². The van der Waals surface area contributed by atoms with Crippen LogP contribution in [0.25, 0.3) is 0 Å². The Kier molecular flexibility index (Phi) is 4.96. The molecule has 0 fully saturated rings. The molecule has 0 aromatic carbocycles. The number of aryl methyl sites for hydroxylation is 2. The Morgan fingerprint density at radius 2 is 2.39 bits per heavy atom. The van der Waals surface area contributed by atoms with Gasteiger partial charge in [0.05, 0.1) is 6.20 Å². The standard InChI is InChI=1S/C14H21N3S/c1-3-7-15-14(13-9-16-17(2)10-13)5-4-12-6-8-18-11-12/h6,8-11,14-15H,3-5,7H2,1-2H3. The maximum absolute atomic E-state index is 4.27. The van der Waals surface area contributed by atoms with E-state index in [4.69, 9.17) is 0 Å². The molecule has 0 saturated heterocycles. The summed E-state index contributed by atoms with van der Waals surface area (Å²) < 4.78 is 1.88. The predicted molar refractivity (Wildman–Crippen MR) is 76.9 cm³/mol. The van der Waals surface area contributed by atoms with E-state index in [0.717, 1.165) is 25.8 Å². The Bertz CT molecular complexity index is 447. The van der Waals surface area contributed by atoms with Crippen LogP contribution in [0.1, 0.15) is 36.9 Å². The molecule has 0 bridgehead atoms. The third-order valence-corrected chi connectivity index (χ3v) is 3.80. The van der Waals surface area contributed by atoms with E-state index in [1.165, 1.54) is 11.1 Å². The fourth-order valence-corrected chi connectivity index (χ4v) is 2.77. The van der Waals surface area contributed by atoms with Crippen LogP contribution in [0, 0.1) is 0 Å². The van der Waals surface area contributed by atoms with E-state index in [1.807, 2.05) is 17.9 Å².